The summed E-state index contributed by atoms with van der Waals surface area (Å²) in [6.45, 7) is 0. The maximum absolute atomic E-state index is 10.9. The zero-order valence-electron chi connectivity index (χ0n) is 6.91. The zero-order chi connectivity index (χ0) is 8.44. The molecule has 66 valence electrons. The number of ether oxygens (including phenoxy) is 2. The smallest absolute Gasteiger partial charge is 0.337 e. The number of hydrogen-bond acceptors (Lipinski definition) is 3. The van der Waals surface area contributed by atoms with Gasteiger partial charge in [-0.1, -0.05) is 6.42 Å². The molecule has 0 radical (unpaired) electrons. The highest BCUT2D eigenvalue weighted by atomic mass is 16.7. The van der Waals surface area contributed by atoms with Gasteiger partial charge in [-0.3, -0.25) is 0 Å². The summed E-state index contributed by atoms with van der Waals surface area (Å²) in [5.74, 6) is -0.882. The van der Waals surface area contributed by atoms with E-state index in [1.807, 2.05) is 0 Å². The number of carbonyl (C=O) groups excluding carboxylic acids is 1. The van der Waals surface area contributed by atoms with Gasteiger partial charge in [0.15, 0.2) is 0 Å². The van der Waals surface area contributed by atoms with Crippen LogP contribution in [0.3, 0.4) is 0 Å². The molecule has 2 aliphatic rings. The molecule has 0 unspecified atom stereocenters. The highest BCUT2D eigenvalue weighted by molar-refractivity contribution is 5.82. The summed E-state index contributed by atoms with van der Waals surface area (Å²) < 4.78 is 10.5. The molecule has 0 aromatic carbocycles. The molecule has 0 amide bonds. The second-order valence-electron chi connectivity index (χ2n) is 3.31. The van der Waals surface area contributed by atoms with Crippen LogP contribution >= 0.6 is 0 Å². The highest BCUT2D eigenvalue weighted by Crippen LogP contribution is 2.34. The topological polar surface area (TPSA) is 35.5 Å². The summed E-state index contributed by atoms with van der Waals surface area (Å²) >= 11 is 0. The van der Waals surface area contributed by atoms with Crippen LogP contribution < -0.4 is 0 Å². The molecule has 0 bridgehead atoms. The van der Waals surface area contributed by atoms with Gasteiger partial charge in [0.25, 0.3) is 5.79 Å². The maximum atomic E-state index is 10.9. The van der Waals surface area contributed by atoms with Crippen molar-refractivity contribution < 1.29 is 14.3 Å². The summed E-state index contributed by atoms with van der Waals surface area (Å²) in [5.41, 5.74) is 0. The molecule has 0 aromatic rings. The van der Waals surface area contributed by atoms with Gasteiger partial charge < -0.3 is 9.47 Å². The summed E-state index contributed by atoms with van der Waals surface area (Å²) in [4.78, 5) is 10.9. The normalized spacial score (nSPS) is 26.5. The lowest BCUT2D eigenvalue weighted by atomic mass is 9.94. The lowest BCUT2D eigenvalue weighted by Crippen LogP contribution is -2.40. The molecule has 1 aliphatic carbocycles. The molecular formula is C9H12O3. The maximum Gasteiger partial charge on any atom is 0.337 e. The van der Waals surface area contributed by atoms with E-state index in [-0.39, 0.29) is 5.97 Å². The first-order chi connectivity index (χ1) is 5.81. The summed E-state index contributed by atoms with van der Waals surface area (Å²) in [6.07, 6.45) is 7.83. The van der Waals surface area contributed by atoms with E-state index in [4.69, 9.17) is 9.47 Å². The van der Waals surface area contributed by atoms with Gasteiger partial charge in [0.05, 0.1) is 12.3 Å². The van der Waals surface area contributed by atoms with Crippen LogP contribution in [0.5, 0.6) is 0 Å². The molecule has 2 rings (SSSR count). The Morgan fingerprint density at radius 2 is 2.00 bits per heavy atom. The van der Waals surface area contributed by atoms with E-state index in [1.165, 1.54) is 18.8 Å². The van der Waals surface area contributed by atoms with E-state index in [1.54, 1.807) is 0 Å². The summed E-state index contributed by atoms with van der Waals surface area (Å²) in [5, 5.41) is 0. The fourth-order valence-corrected chi connectivity index (χ4v) is 1.77. The Morgan fingerprint density at radius 3 is 2.67 bits per heavy atom. The van der Waals surface area contributed by atoms with Crippen molar-refractivity contribution in [1.82, 2.24) is 0 Å². The first kappa shape index (κ1) is 7.65. The third kappa shape index (κ3) is 1.31. The van der Waals surface area contributed by atoms with Crippen molar-refractivity contribution in [2.45, 2.75) is 37.9 Å². The molecule has 0 aromatic heterocycles. The number of esters is 1. The Balaban J connectivity index is 2.09. The number of hydrogen-bond donors (Lipinski definition) is 0. The minimum Gasteiger partial charge on any atom is -0.460 e. The average molecular weight is 168 g/mol. The van der Waals surface area contributed by atoms with Gasteiger partial charge in [0.2, 0.25) is 0 Å². The zero-order valence-corrected chi connectivity index (χ0v) is 6.91. The lowest BCUT2D eigenvalue weighted by molar-refractivity contribution is -0.225. The van der Waals surface area contributed by atoms with Crippen molar-refractivity contribution in [3.8, 4) is 0 Å². The van der Waals surface area contributed by atoms with Crippen LogP contribution in [0.2, 0.25) is 0 Å². The third-order valence-electron chi connectivity index (χ3n) is 2.39. The quantitative estimate of drug-likeness (QED) is 0.517. The summed E-state index contributed by atoms with van der Waals surface area (Å²) in [7, 11) is 0. The Morgan fingerprint density at radius 1 is 1.25 bits per heavy atom. The first-order valence-electron chi connectivity index (χ1n) is 4.38. The molecule has 1 fully saturated rings. The molecule has 1 heterocycles. The predicted molar refractivity (Wildman–Crippen MR) is 42.1 cm³/mol. The Kier molecular flexibility index (Phi) is 1.79. The number of carbonyl (C=O) groups is 1. The Labute approximate surface area is 71.3 Å². The second kappa shape index (κ2) is 2.81. The fraction of sp³-hybridized carbons (Fsp3) is 0.667. The van der Waals surface area contributed by atoms with E-state index >= 15 is 0 Å². The monoisotopic (exact) mass is 168 g/mol. The Bertz CT molecular complexity index is 214. The molecular weight excluding hydrogens is 156 g/mol. The van der Waals surface area contributed by atoms with Crippen molar-refractivity contribution in [2.75, 3.05) is 0 Å². The van der Waals surface area contributed by atoms with Crippen LogP contribution in [0.1, 0.15) is 32.1 Å². The Hall–Kier alpha value is -0.990. The standard InChI is InChI=1S/C9H12O3/c10-8-4-7-11-9(12-8)5-2-1-3-6-9/h4,7H,1-3,5-6H2. The van der Waals surface area contributed by atoms with Crippen LogP contribution in [0, 0.1) is 0 Å². The van der Waals surface area contributed by atoms with Crippen molar-refractivity contribution in [1.29, 1.82) is 0 Å². The summed E-state index contributed by atoms with van der Waals surface area (Å²) in [6, 6.07) is 0. The highest BCUT2D eigenvalue weighted by Gasteiger charge is 2.38. The van der Waals surface area contributed by atoms with Crippen LogP contribution in [0.4, 0.5) is 0 Å². The minimum atomic E-state index is -0.607. The molecule has 1 spiro atoms. The van der Waals surface area contributed by atoms with E-state index in [0.717, 1.165) is 25.7 Å². The van der Waals surface area contributed by atoms with E-state index in [0.29, 0.717) is 0 Å². The molecule has 3 nitrogen and oxygen atoms in total. The second-order valence-corrected chi connectivity index (χ2v) is 3.31. The van der Waals surface area contributed by atoms with Gasteiger partial charge in [0, 0.05) is 12.8 Å². The van der Waals surface area contributed by atoms with Crippen molar-refractivity contribution in [2.24, 2.45) is 0 Å². The largest absolute Gasteiger partial charge is 0.460 e. The van der Waals surface area contributed by atoms with E-state index in [9.17, 15) is 4.79 Å². The first-order valence-corrected chi connectivity index (χ1v) is 4.38. The molecule has 0 atom stereocenters. The lowest BCUT2D eigenvalue weighted by Gasteiger charge is -2.36. The third-order valence-corrected chi connectivity index (χ3v) is 2.39. The van der Waals surface area contributed by atoms with Gasteiger partial charge >= 0.3 is 5.97 Å². The van der Waals surface area contributed by atoms with Gasteiger partial charge in [-0.15, -0.1) is 0 Å². The molecule has 12 heavy (non-hydrogen) atoms. The van der Waals surface area contributed by atoms with Crippen LogP contribution in [0.25, 0.3) is 0 Å². The van der Waals surface area contributed by atoms with Crippen molar-refractivity contribution in [3.63, 3.8) is 0 Å². The van der Waals surface area contributed by atoms with Gasteiger partial charge in [0.1, 0.15) is 0 Å². The SMILES string of the molecule is O=C1C=COC2(CCCCC2)O1. The minimum absolute atomic E-state index is 0.275. The van der Waals surface area contributed by atoms with Gasteiger partial charge in [-0.05, 0) is 12.8 Å². The van der Waals surface area contributed by atoms with Gasteiger partial charge in [-0.25, -0.2) is 4.79 Å². The van der Waals surface area contributed by atoms with E-state index in [2.05, 4.69) is 0 Å². The predicted octanol–water partition coefficient (Wildman–Crippen LogP) is 1.73. The average Bonchev–Trinajstić information content (AvgIpc) is 2.05. The van der Waals surface area contributed by atoms with Gasteiger partial charge in [-0.2, -0.15) is 0 Å². The van der Waals surface area contributed by atoms with Crippen LogP contribution in [0.15, 0.2) is 12.3 Å². The van der Waals surface area contributed by atoms with Crippen molar-refractivity contribution in [3.05, 3.63) is 12.3 Å². The molecule has 3 heteroatoms. The number of rotatable bonds is 0. The molecule has 0 N–H and O–H groups in total. The van der Waals surface area contributed by atoms with Crippen LogP contribution in [-0.4, -0.2) is 11.8 Å². The molecule has 1 aliphatic heterocycles. The van der Waals surface area contributed by atoms with E-state index < -0.39 is 5.79 Å². The molecule has 1 saturated carbocycles. The fourth-order valence-electron chi connectivity index (χ4n) is 1.77. The van der Waals surface area contributed by atoms with Crippen LogP contribution in [-0.2, 0) is 14.3 Å². The molecule has 0 saturated heterocycles. The van der Waals surface area contributed by atoms with Crippen molar-refractivity contribution >= 4 is 5.97 Å².